The Hall–Kier alpha value is -2.02. The van der Waals surface area contributed by atoms with Gasteiger partial charge in [0.15, 0.2) is 11.6 Å². The van der Waals surface area contributed by atoms with Crippen LogP contribution < -0.4 is 5.32 Å². The molecule has 7 heteroatoms. The first-order chi connectivity index (χ1) is 7.69. The molecule has 1 aromatic carbocycles. The number of nitrogens with zero attached hydrogens (tertiary/aromatic N) is 2. The van der Waals surface area contributed by atoms with Crippen molar-refractivity contribution in [2.24, 2.45) is 0 Å². The highest BCUT2D eigenvalue weighted by atomic mass is 19.2. The van der Waals surface area contributed by atoms with Crippen molar-refractivity contribution < 1.29 is 18.3 Å². The molecule has 0 saturated carbocycles. The summed E-state index contributed by atoms with van der Waals surface area (Å²) in [5.41, 5.74) is 0.270. The standard InChI is InChI=1S/C9H7F2N3O2/c10-6-2-1-5(3-7(6)11)12-9-14-13-8(4-15)16-9/h1-3,15H,4H2,(H,12,14). The summed E-state index contributed by atoms with van der Waals surface area (Å²) in [4.78, 5) is 0. The van der Waals surface area contributed by atoms with Crippen LogP contribution in [0.5, 0.6) is 0 Å². The van der Waals surface area contributed by atoms with Crippen LogP contribution in [-0.2, 0) is 6.61 Å². The summed E-state index contributed by atoms with van der Waals surface area (Å²) in [5.74, 6) is -1.89. The van der Waals surface area contributed by atoms with E-state index >= 15 is 0 Å². The van der Waals surface area contributed by atoms with Crippen molar-refractivity contribution in [3.63, 3.8) is 0 Å². The van der Waals surface area contributed by atoms with Crippen LogP contribution in [0, 0.1) is 11.6 Å². The Bertz CT molecular complexity index is 501. The number of anilines is 2. The summed E-state index contributed by atoms with van der Waals surface area (Å²) in [6.45, 7) is -0.382. The monoisotopic (exact) mass is 227 g/mol. The van der Waals surface area contributed by atoms with Crippen LogP contribution in [-0.4, -0.2) is 15.3 Å². The molecular formula is C9H7F2N3O2. The molecule has 0 amide bonds. The molecular weight excluding hydrogens is 220 g/mol. The van der Waals surface area contributed by atoms with Gasteiger partial charge in [-0.2, -0.15) is 0 Å². The summed E-state index contributed by atoms with van der Waals surface area (Å²) in [5, 5.41) is 18.2. The molecule has 1 heterocycles. The maximum absolute atomic E-state index is 12.8. The fourth-order valence-electron chi connectivity index (χ4n) is 1.07. The zero-order valence-electron chi connectivity index (χ0n) is 7.94. The first-order valence-electron chi connectivity index (χ1n) is 4.34. The highest BCUT2D eigenvalue weighted by Gasteiger charge is 2.07. The Labute approximate surface area is 88.7 Å². The number of rotatable bonds is 3. The van der Waals surface area contributed by atoms with E-state index in [9.17, 15) is 8.78 Å². The lowest BCUT2D eigenvalue weighted by Crippen LogP contribution is -1.92. The summed E-state index contributed by atoms with van der Waals surface area (Å²) < 4.78 is 30.3. The molecule has 0 atom stereocenters. The normalized spacial score (nSPS) is 10.4. The third-order valence-corrected chi connectivity index (χ3v) is 1.77. The van der Waals surface area contributed by atoms with Crippen molar-refractivity contribution in [1.82, 2.24) is 10.2 Å². The van der Waals surface area contributed by atoms with Gasteiger partial charge < -0.3 is 14.8 Å². The molecule has 0 aliphatic heterocycles. The van der Waals surface area contributed by atoms with Gasteiger partial charge in [0.25, 0.3) is 0 Å². The lowest BCUT2D eigenvalue weighted by molar-refractivity contribution is 0.241. The first kappa shape index (κ1) is 10.5. The third kappa shape index (κ3) is 2.14. The molecule has 0 aliphatic carbocycles. The Kier molecular flexibility index (Phi) is 2.78. The average Bonchev–Trinajstić information content (AvgIpc) is 2.71. The van der Waals surface area contributed by atoms with E-state index in [1.807, 2.05) is 0 Å². The minimum Gasteiger partial charge on any atom is -0.405 e. The van der Waals surface area contributed by atoms with E-state index in [2.05, 4.69) is 15.5 Å². The topological polar surface area (TPSA) is 71.2 Å². The predicted molar refractivity (Wildman–Crippen MR) is 49.9 cm³/mol. The number of aliphatic hydroxyl groups excluding tert-OH is 1. The van der Waals surface area contributed by atoms with Gasteiger partial charge in [0.1, 0.15) is 6.61 Å². The second-order valence-corrected chi connectivity index (χ2v) is 2.91. The Morgan fingerprint density at radius 2 is 2.06 bits per heavy atom. The number of hydrogen-bond donors (Lipinski definition) is 2. The SMILES string of the molecule is OCc1nnc(Nc2ccc(F)c(F)c2)o1. The number of halogens is 2. The molecule has 84 valence electrons. The zero-order valence-corrected chi connectivity index (χ0v) is 7.94. The fourth-order valence-corrected chi connectivity index (χ4v) is 1.07. The molecule has 16 heavy (non-hydrogen) atoms. The molecule has 0 aliphatic rings. The largest absolute Gasteiger partial charge is 0.405 e. The minimum absolute atomic E-state index is 0.00458. The highest BCUT2D eigenvalue weighted by molar-refractivity contribution is 5.51. The van der Waals surface area contributed by atoms with Crippen LogP contribution >= 0.6 is 0 Å². The van der Waals surface area contributed by atoms with E-state index in [0.29, 0.717) is 0 Å². The van der Waals surface area contributed by atoms with Gasteiger partial charge in [0.05, 0.1) is 0 Å². The average molecular weight is 227 g/mol. The minimum atomic E-state index is -0.980. The first-order valence-corrected chi connectivity index (χ1v) is 4.34. The molecule has 2 aromatic rings. The zero-order chi connectivity index (χ0) is 11.5. The van der Waals surface area contributed by atoms with Crippen LogP contribution in [0.2, 0.25) is 0 Å². The number of nitrogens with one attached hydrogen (secondary N) is 1. The number of benzene rings is 1. The van der Waals surface area contributed by atoms with Gasteiger partial charge in [-0.15, -0.1) is 5.10 Å². The number of aliphatic hydroxyl groups is 1. The van der Waals surface area contributed by atoms with Crippen LogP contribution in [0.3, 0.4) is 0 Å². The summed E-state index contributed by atoms with van der Waals surface area (Å²) >= 11 is 0. The highest BCUT2D eigenvalue weighted by Crippen LogP contribution is 2.17. The van der Waals surface area contributed by atoms with Crippen LogP contribution in [0.4, 0.5) is 20.5 Å². The molecule has 0 bridgehead atoms. The van der Waals surface area contributed by atoms with E-state index in [4.69, 9.17) is 9.52 Å². The van der Waals surface area contributed by atoms with Crippen molar-refractivity contribution in [1.29, 1.82) is 0 Å². The number of hydrogen-bond acceptors (Lipinski definition) is 5. The Morgan fingerprint density at radius 1 is 1.25 bits per heavy atom. The van der Waals surface area contributed by atoms with Crippen LogP contribution in [0.15, 0.2) is 22.6 Å². The van der Waals surface area contributed by atoms with Crippen molar-refractivity contribution in [3.05, 3.63) is 35.7 Å². The van der Waals surface area contributed by atoms with Crippen molar-refractivity contribution >= 4 is 11.7 Å². The summed E-state index contributed by atoms with van der Waals surface area (Å²) in [6, 6.07) is 3.25. The summed E-state index contributed by atoms with van der Waals surface area (Å²) in [6.07, 6.45) is 0. The Morgan fingerprint density at radius 3 is 2.69 bits per heavy atom. The van der Waals surface area contributed by atoms with Gasteiger partial charge in [-0.05, 0) is 12.1 Å². The van der Waals surface area contributed by atoms with Gasteiger partial charge in [0.2, 0.25) is 5.89 Å². The summed E-state index contributed by atoms with van der Waals surface area (Å²) in [7, 11) is 0. The van der Waals surface area contributed by atoms with E-state index in [1.165, 1.54) is 6.07 Å². The molecule has 0 saturated heterocycles. The molecule has 2 rings (SSSR count). The molecule has 0 unspecified atom stereocenters. The predicted octanol–water partition coefficient (Wildman–Crippen LogP) is 1.58. The lowest BCUT2D eigenvalue weighted by atomic mass is 10.3. The van der Waals surface area contributed by atoms with E-state index in [1.54, 1.807) is 0 Å². The van der Waals surface area contributed by atoms with E-state index < -0.39 is 11.6 Å². The van der Waals surface area contributed by atoms with Crippen LogP contribution in [0.25, 0.3) is 0 Å². The molecule has 5 nitrogen and oxygen atoms in total. The molecule has 0 radical (unpaired) electrons. The Balaban J connectivity index is 2.17. The third-order valence-electron chi connectivity index (χ3n) is 1.77. The van der Waals surface area contributed by atoms with Gasteiger partial charge in [-0.25, -0.2) is 8.78 Å². The quantitative estimate of drug-likeness (QED) is 0.832. The van der Waals surface area contributed by atoms with Crippen LogP contribution in [0.1, 0.15) is 5.89 Å². The van der Waals surface area contributed by atoms with Crippen molar-refractivity contribution in [2.45, 2.75) is 6.61 Å². The molecule has 0 spiro atoms. The fraction of sp³-hybridized carbons (Fsp3) is 0.111. The number of aromatic nitrogens is 2. The second-order valence-electron chi connectivity index (χ2n) is 2.91. The van der Waals surface area contributed by atoms with E-state index in [0.717, 1.165) is 12.1 Å². The molecule has 2 N–H and O–H groups in total. The van der Waals surface area contributed by atoms with Crippen molar-refractivity contribution in [2.75, 3.05) is 5.32 Å². The van der Waals surface area contributed by atoms with Gasteiger partial charge in [-0.1, -0.05) is 5.10 Å². The lowest BCUT2D eigenvalue weighted by Gasteiger charge is -2.00. The molecule has 0 fully saturated rings. The second kappa shape index (κ2) is 4.23. The van der Waals surface area contributed by atoms with Crippen molar-refractivity contribution in [3.8, 4) is 0 Å². The maximum atomic E-state index is 12.8. The van der Waals surface area contributed by atoms with Gasteiger partial charge in [0, 0.05) is 11.8 Å². The van der Waals surface area contributed by atoms with Gasteiger partial charge in [-0.3, -0.25) is 0 Å². The maximum Gasteiger partial charge on any atom is 0.320 e. The smallest absolute Gasteiger partial charge is 0.320 e. The van der Waals surface area contributed by atoms with E-state index in [-0.39, 0.29) is 24.2 Å². The van der Waals surface area contributed by atoms with Gasteiger partial charge >= 0.3 is 6.01 Å². The molecule has 1 aromatic heterocycles.